The summed E-state index contributed by atoms with van der Waals surface area (Å²) in [7, 11) is 0. The highest BCUT2D eigenvalue weighted by Gasteiger charge is 2.33. The molecule has 0 unspecified atom stereocenters. The minimum absolute atomic E-state index is 0.255. The van der Waals surface area contributed by atoms with Gasteiger partial charge in [-0.2, -0.15) is 5.01 Å². The number of halogens is 3. The van der Waals surface area contributed by atoms with Gasteiger partial charge in [0.2, 0.25) is 0 Å². The van der Waals surface area contributed by atoms with Crippen molar-refractivity contribution in [3.05, 3.63) is 100 Å². The number of nitrogens with zero attached hydrogens (tertiary/aromatic N) is 1. The molecule has 2 amide bonds. The van der Waals surface area contributed by atoms with Crippen molar-refractivity contribution in [2.24, 2.45) is 0 Å². The second-order valence-electron chi connectivity index (χ2n) is 7.05. The van der Waals surface area contributed by atoms with Gasteiger partial charge in [0.15, 0.2) is 4.32 Å². The molecule has 1 N–H and O–H groups in total. The molecule has 34 heavy (non-hydrogen) atoms. The number of rotatable bonds is 6. The third kappa shape index (κ3) is 6.11. The Labute approximate surface area is 238 Å². The van der Waals surface area contributed by atoms with E-state index in [0.717, 1.165) is 40.8 Å². The molecule has 3 aromatic rings. The zero-order valence-corrected chi connectivity index (χ0v) is 24.0. The lowest BCUT2D eigenvalue weighted by Gasteiger charge is -2.15. The molecule has 0 atom stereocenters. The molecule has 0 aliphatic carbocycles. The SMILES string of the molecule is O=C(NN1C(=O)/C(=C\c2cc(I)c(OCc3ccccc3)c(I)c2)SC1=S)c1ccc(Cl)cc1. The maximum atomic E-state index is 12.9. The van der Waals surface area contributed by atoms with Crippen molar-refractivity contribution in [3.8, 4) is 5.75 Å². The zero-order chi connectivity index (χ0) is 24.2. The first-order valence-corrected chi connectivity index (χ1v) is 13.6. The average molecular weight is 733 g/mol. The molecule has 1 aliphatic rings. The Morgan fingerprint density at radius 3 is 2.38 bits per heavy atom. The van der Waals surface area contributed by atoms with E-state index < -0.39 is 5.91 Å². The molecule has 10 heteroatoms. The Morgan fingerprint density at radius 2 is 1.74 bits per heavy atom. The molecular formula is C24H15ClI2N2O3S2. The number of thiocarbonyl (C=S) groups is 1. The fourth-order valence-corrected chi connectivity index (χ4v) is 6.45. The Morgan fingerprint density at radius 1 is 1.09 bits per heavy atom. The first-order chi connectivity index (χ1) is 16.3. The van der Waals surface area contributed by atoms with Gasteiger partial charge in [-0.1, -0.05) is 53.7 Å². The third-order valence-corrected chi connectivity index (χ3v) is 7.81. The van der Waals surface area contributed by atoms with E-state index >= 15 is 0 Å². The van der Waals surface area contributed by atoms with E-state index in [1.165, 1.54) is 0 Å². The molecule has 5 nitrogen and oxygen atoms in total. The quantitative estimate of drug-likeness (QED) is 0.174. The number of thioether (sulfide) groups is 1. The summed E-state index contributed by atoms with van der Waals surface area (Å²) >= 11 is 16.8. The van der Waals surface area contributed by atoms with Crippen LogP contribution in [0.15, 0.2) is 71.6 Å². The molecule has 1 fully saturated rings. The average Bonchev–Trinajstić information content (AvgIpc) is 3.07. The van der Waals surface area contributed by atoms with Crippen LogP contribution in [0.2, 0.25) is 5.02 Å². The molecule has 1 heterocycles. The van der Waals surface area contributed by atoms with E-state index in [4.69, 9.17) is 28.6 Å². The van der Waals surface area contributed by atoms with Crippen LogP contribution in [0.25, 0.3) is 6.08 Å². The highest BCUT2D eigenvalue weighted by Crippen LogP contribution is 2.34. The number of hydrogen-bond donors (Lipinski definition) is 1. The Bertz CT molecular complexity index is 1280. The largest absolute Gasteiger partial charge is 0.487 e. The van der Waals surface area contributed by atoms with Gasteiger partial charge in [-0.15, -0.1) is 0 Å². The number of amides is 2. The number of hydrogen-bond acceptors (Lipinski definition) is 5. The van der Waals surface area contributed by atoms with E-state index in [0.29, 0.717) is 22.1 Å². The zero-order valence-electron chi connectivity index (χ0n) is 17.3. The molecule has 172 valence electrons. The van der Waals surface area contributed by atoms with Crippen LogP contribution >= 0.6 is 80.8 Å². The molecule has 1 aliphatic heterocycles. The van der Waals surface area contributed by atoms with Crippen molar-refractivity contribution in [1.29, 1.82) is 0 Å². The van der Waals surface area contributed by atoms with Crippen molar-refractivity contribution in [2.45, 2.75) is 6.61 Å². The van der Waals surface area contributed by atoms with E-state index in [2.05, 4.69) is 50.6 Å². The van der Waals surface area contributed by atoms with Crippen LogP contribution in [0.4, 0.5) is 0 Å². The fourth-order valence-electron chi connectivity index (χ4n) is 3.01. The van der Waals surface area contributed by atoms with Crippen LogP contribution in [0.1, 0.15) is 21.5 Å². The summed E-state index contributed by atoms with van der Waals surface area (Å²) in [4.78, 5) is 25.9. The topological polar surface area (TPSA) is 58.6 Å². The summed E-state index contributed by atoms with van der Waals surface area (Å²) in [5.41, 5.74) is 4.87. The van der Waals surface area contributed by atoms with Crippen molar-refractivity contribution in [1.82, 2.24) is 10.4 Å². The van der Waals surface area contributed by atoms with Crippen molar-refractivity contribution < 1.29 is 14.3 Å². The van der Waals surface area contributed by atoms with Crippen LogP contribution in [-0.2, 0) is 11.4 Å². The maximum absolute atomic E-state index is 12.9. The normalized spacial score (nSPS) is 14.6. The monoisotopic (exact) mass is 732 g/mol. The smallest absolute Gasteiger partial charge is 0.285 e. The van der Waals surface area contributed by atoms with Gasteiger partial charge in [0.25, 0.3) is 11.8 Å². The molecule has 4 rings (SSSR count). The number of carbonyl (C=O) groups is 2. The van der Waals surface area contributed by atoms with Gasteiger partial charge in [0.1, 0.15) is 12.4 Å². The number of hydrazine groups is 1. The highest BCUT2D eigenvalue weighted by molar-refractivity contribution is 14.1. The van der Waals surface area contributed by atoms with Crippen LogP contribution in [0, 0.1) is 7.14 Å². The Balaban J connectivity index is 1.48. The van der Waals surface area contributed by atoms with Gasteiger partial charge in [0.05, 0.1) is 12.0 Å². The molecule has 1 saturated heterocycles. The van der Waals surface area contributed by atoms with Crippen LogP contribution in [-0.4, -0.2) is 21.1 Å². The van der Waals surface area contributed by atoms with Crippen LogP contribution in [0.3, 0.4) is 0 Å². The molecule has 3 aromatic carbocycles. The van der Waals surface area contributed by atoms with E-state index in [-0.39, 0.29) is 10.2 Å². The summed E-state index contributed by atoms with van der Waals surface area (Å²) in [5, 5.41) is 1.61. The highest BCUT2D eigenvalue weighted by atomic mass is 127. The van der Waals surface area contributed by atoms with Gasteiger partial charge in [-0.3, -0.25) is 15.0 Å². The molecular weight excluding hydrogens is 718 g/mol. The predicted molar refractivity (Wildman–Crippen MR) is 157 cm³/mol. The molecule has 0 saturated carbocycles. The Kier molecular flexibility index (Phi) is 8.51. The van der Waals surface area contributed by atoms with Gasteiger partial charge in [0, 0.05) is 10.6 Å². The fraction of sp³-hybridized carbons (Fsp3) is 0.0417. The van der Waals surface area contributed by atoms with Crippen LogP contribution in [0.5, 0.6) is 5.75 Å². The maximum Gasteiger partial charge on any atom is 0.285 e. The van der Waals surface area contributed by atoms with E-state index in [1.807, 2.05) is 42.5 Å². The summed E-state index contributed by atoms with van der Waals surface area (Å²) in [6, 6.07) is 20.2. The molecule has 0 aromatic heterocycles. The minimum atomic E-state index is -0.446. The predicted octanol–water partition coefficient (Wildman–Crippen LogP) is 6.67. The minimum Gasteiger partial charge on any atom is -0.487 e. The molecule has 0 spiro atoms. The van der Waals surface area contributed by atoms with Crippen LogP contribution < -0.4 is 10.2 Å². The number of nitrogens with one attached hydrogen (secondary N) is 1. The van der Waals surface area contributed by atoms with Gasteiger partial charge >= 0.3 is 0 Å². The number of carbonyl (C=O) groups excluding carboxylic acids is 2. The van der Waals surface area contributed by atoms with E-state index in [9.17, 15) is 9.59 Å². The summed E-state index contributed by atoms with van der Waals surface area (Å²) < 4.78 is 8.15. The number of benzene rings is 3. The van der Waals surface area contributed by atoms with Crippen molar-refractivity contribution in [3.63, 3.8) is 0 Å². The number of ether oxygens (including phenoxy) is 1. The second kappa shape index (κ2) is 11.4. The first kappa shape index (κ1) is 25.4. The molecule has 0 bridgehead atoms. The lowest BCUT2D eigenvalue weighted by molar-refractivity contribution is -0.123. The summed E-state index contributed by atoms with van der Waals surface area (Å²) in [6.07, 6.45) is 1.76. The van der Waals surface area contributed by atoms with Gasteiger partial charge in [-0.25, -0.2) is 0 Å². The first-order valence-electron chi connectivity index (χ1n) is 9.82. The Hall–Kier alpha value is -1.67. The summed E-state index contributed by atoms with van der Waals surface area (Å²) in [5.74, 6) is -0.0325. The second-order valence-corrected chi connectivity index (χ2v) is 11.5. The van der Waals surface area contributed by atoms with Gasteiger partial charge < -0.3 is 4.74 Å². The third-order valence-electron chi connectivity index (χ3n) is 4.66. The lowest BCUT2D eigenvalue weighted by atomic mass is 10.2. The van der Waals surface area contributed by atoms with E-state index in [1.54, 1.807) is 30.3 Å². The summed E-state index contributed by atoms with van der Waals surface area (Å²) in [6.45, 7) is 0.470. The molecule has 0 radical (unpaired) electrons. The van der Waals surface area contributed by atoms with Crippen molar-refractivity contribution >= 4 is 103 Å². The lowest BCUT2D eigenvalue weighted by Crippen LogP contribution is -2.44. The standard InChI is InChI=1S/C24H15ClI2N2O3S2/c25-17-8-6-16(7-9-17)22(30)28-29-23(31)20(34-24(29)33)12-15-10-18(26)21(19(27)11-15)32-13-14-4-2-1-3-5-14/h1-12H,13H2,(H,28,30)/b20-12+. The van der Waals surface area contributed by atoms with Crippen molar-refractivity contribution in [2.75, 3.05) is 0 Å². The van der Waals surface area contributed by atoms with Gasteiger partial charge in [-0.05, 0) is 111 Å².